The minimum atomic E-state index is -4.45. The van der Waals surface area contributed by atoms with Crippen LogP contribution in [0.25, 0.3) is 0 Å². The molecule has 120 valence electrons. The molecular weight excluding hydrogens is 321 g/mol. The summed E-state index contributed by atoms with van der Waals surface area (Å²) < 4.78 is 67.0. The zero-order valence-corrected chi connectivity index (χ0v) is 12.6. The van der Waals surface area contributed by atoms with E-state index in [1.807, 2.05) is 0 Å². The van der Waals surface area contributed by atoms with Gasteiger partial charge in [0.2, 0.25) is 11.8 Å². The largest absolute Gasteiger partial charge is 0.424 e. The smallest absolute Gasteiger partial charge is 0.416 e. The van der Waals surface area contributed by atoms with Gasteiger partial charge in [0, 0.05) is 6.92 Å². The first-order valence-corrected chi connectivity index (χ1v) is 7.99. The Morgan fingerprint density at radius 3 is 2.23 bits per heavy atom. The van der Waals surface area contributed by atoms with Gasteiger partial charge in [-0.25, -0.2) is 8.42 Å². The predicted octanol–water partition coefficient (Wildman–Crippen LogP) is 3.07. The Morgan fingerprint density at radius 1 is 1.18 bits per heavy atom. The Kier molecular flexibility index (Phi) is 4.28. The molecule has 1 unspecified atom stereocenters. The number of hydrogen-bond donors (Lipinski definition) is 0. The van der Waals surface area contributed by atoms with Crippen LogP contribution in [-0.2, 0) is 21.8 Å². The van der Waals surface area contributed by atoms with Crippen LogP contribution in [0.3, 0.4) is 0 Å². The van der Waals surface area contributed by atoms with Gasteiger partial charge in [-0.15, -0.1) is 10.2 Å². The van der Waals surface area contributed by atoms with Crippen LogP contribution in [0.2, 0.25) is 0 Å². The predicted molar refractivity (Wildman–Crippen MR) is 71.5 cm³/mol. The fraction of sp³-hybridized carbons (Fsp3) is 0.385. The summed E-state index contributed by atoms with van der Waals surface area (Å²) in [7, 11) is -3.68. The Hall–Kier alpha value is -1.90. The highest BCUT2D eigenvalue weighted by atomic mass is 32.2. The maximum Gasteiger partial charge on any atom is 0.416 e. The minimum Gasteiger partial charge on any atom is -0.424 e. The Balaban J connectivity index is 2.18. The summed E-state index contributed by atoms with van der Waals surface area (Å²) in [5, 5.41) is 6.18. The fourth-order valence-electron chi connectivity index (χ4n) is 1.78. The molecule has 1 heterocycles. The summed E-state index contributed by atoms with van der Waals surface area (Å²) in [6, 6.07) is 4.00. The molecule has 0 saturated heterocycles. The van der Waals surface area contributed by atoms with E-state index in [0.717, 1.165) is 24.3 Å². The summed E-state index contributed by atoms with van der Waals surface area (Å²) in [4.78, 5) is 0. The second-order valence-corrected chi connectivity index (χ2v) is 7.12. The van der Waals surface area contributed by atoms with Crippen LogP contribution in [0.5, 0.6) is 0 Å². The van der Waals surface area contributed by atoms with Crippen molar-refractivity contribution in [3.05, 3.63) is 47.2 Å². The van der Waals surface area contributed by atoms with Gasteiger partial charge in [0.1, 0.15) is 5.25 Å². The van der Waals surface area contributed by atoms with E-state index in [1.54, 1.807) is 0 Å². The van der Waals surface area contributed by atoms with E-state index in [2.05, 4.69) is 10.2 Å². The van der Waals surface area contributed by atoms with Crippen LogP contribution in [0.4, 0.5) is 13.2 Å². The number of aromatic nitrogens is 2. The molecule has 0 aliphatic heterocycles. The number of halogens is 3. The summed E-state index contributed by atoms with van der Waals surface area (Å²) in [6.45, 7) is 2.93. The molecule has 0 spiro atoms. The van der Waals surface area contributed by atoms with Crippen LogP contribution < -0.4 is 0 Å². The lowest BCUT2D eigenvalue weighted by Crippen LogP contribution is -2.13. The number of aryl methyl sites for hydroxylation is 1. The van der Waals surface area contributed by atoms with Crippen molar-refractivity contribution in [2.45, 2.75) is 31.0 Å². The Bertz CT molecular complexity index is 752. The lowest BCUT2D eigenvalue weighted by atomic mass is 10.1. The van der Waals surface area contributed by atoms with Gasteiger partial charge in [-0.3, -0.25) is 0 Å². The lowest BCUT2D eigenvalue weighted by Gasteiger charge is -2.10. The zero-order chi connectivity index (χ0) is 16.5. The van der Waals surface area contributed by atoms with Gasteiger partial charge in [0.15, 0.2) is 9.84 Å². The summed E-state index contributed by atoms with van der Waals surface area (Å²) >= 11 is 0. The maximum absolute atomic E-state index is 12.5. The molecule has 1 aromatic heterocycles. The first kappa shape index (κ1) is 16.5. The molecular formula is C13H13F3N2O3S. The Labute approximate surface area is 125 Å². The third-order valence-corrected chi connectivity index (χ3v) is 5.09. The first-order valence-electron chi connectivity index (χ1n) is 6.27. The van der Waals surface area contributed by atoms with Gasteiger partial charge in [-0.05, 0) is 24.6 Å². The van der Waals surface area contributed by atoms with Crippen molar-refractivity contribution in [2.24, 2.45) is 0 Å². The second-order valence-electron chi connectivity index (χ2n) is 4.80. The van der Waals surface area contributed by atoms with Crippen LogP contribution in [0, 0.1) is 6.92 Å². The normalized spacial score (nSPS) is 14.0. The molecule has 1 atom stereocenters. The fourth-order valence-corrected chi connectivity index (χ4v) is 3.09. The third kappa shape index (κ3) is 3.65. The molecule has 0 bridgehead atoms. The highest BCUT2D eigenvalue weighted by Crippen LogP contribution is 2.30. The van der Waals surface area contributed by atoms with Crippen molar-refractivity contribution in [1.82, 2.24) is 10.2 Å². The molecule has 0 aliphatic rings. The lowest BCUT2D eigenvalue weighted by molar-refractivity contribution is -0.137. The molecule has 2 rings (SSSR count). The van der Waals surface area contributed by atoms with Gasteiger partial charge in [0.25, 0.3) is 0 Å². The SMILES string of the molecule is Cc1nnc(C(C)S(=O)(=O)Cc2ccc(C(F)(F)F)cc2)o1. The van der Waals surface area contributed by atoms with Gasteiger partial charge in [-0.2, -0.15) is 13.2 Å². The quantitative estimate of drug-likeness (QED) is 0.859. The van der Waals surface area contributed by atoms with Crippen molar-refractivity contribution in [3.63, 3.8) is 0 Å². The highest BCUT2D eigenvalue weighted by molar-refractivity contribution is 7.90. The summed E-state index contributed by atoms with van der Waals surface area (Å²) in [6.07, 6.45) is -4.45. The minimum absolute atomic E-state index is 0.0376. The molecule has 2 aromatic rings. The summed E-state index contributed by atoms with van der Waals surface area (Å²) in [5.41, 5.74) is -0.565. The van der Waals surface area contributed by atoms with Crippen LogP contribution in [0.1, 0.15) is 35.1 Å². The molecule has 0 aliphatic carbocycles. The molecule has 0 saturated carbocycles. The number of nitrogens with zero attached hydrogens (tertiary/aromatic N) is 2. The highest BCUT2D eigenvalue weighted by Gasteiger charge is 2.31. The monoisotopic (exact) mass is 334 g/mol. The van der Waals surface area contributed by atoms with Crippen LogP contribution >= 0.6 is 0 Å². The number of alkyl halides is 3. The van der Waals surface area contributed by atoms with E-state index >= 15 is 0 Å². The van der Waals surface area contributed by atoms with Gasteiger partial charge < -0.3 is 4.42 Å². The van der Waals surface area contributed by atoms with Crippen molar-refractivity contribution >= 4 is 9.84 Å². The molecule has 9 heteroatoms. The first-order chi connectivity index (χ1) is 10.1. The van der Waals surface area contributed by atoms with E-state index in [-0.39, 0.29) is 17.3 Å². The van der Waals surface area contributed by atoms with Crippen LogP contribution in [-0.4, -0.2) is 18.6 Å². The third-order valence-electron chi connectivity index (χ3n) is 3.08. The van der Waals surface area contributed by atoms with E-state index < -0.39 is 32.6 Å². The number of hydrogen-bond acceptors (Lipinski definition) is 5. The van der Waals surface area contributed by atoms with Gasteiger partial charge >= 0.3 is 6.18 Å². The van der Waals surface area contributed by atoms with E-state index in [9.17, 15) is 21.6 Å². The summed E-state index contributed by atoms with van der Waals surface area (Å²) in [5.74, 6) is -0.204. The topological polar surface area (TPSA) is 73.1 Å². The molecule has 0 amide bonds. The van der Waals surface area contributed by atoms with E-state index in [1.165, 1.54) is 13.8 Å². The average molecular weight is 334 g/mol. The standard InChI is InChI=1S/C13H13F3N2O3S/c1-8(12-18-17-9(2)21-12)22(19,20)7-10-3-5-11(6-4-10)13(14,15)16/h3-6,8H,7H2,1-2H3. The Morgan fingerprint density at radius 2 is 1.77 bits per heavy atom. The van der Waals surface area contributed by atoms with Gasteiger partial charge in [0.05, 0.1) is 11.3 Å². The molecule has 0 radical (unpaired) electrons. The molecule has 22 heavy (non-hydrogen) atoms. The van der Waals surface area contributed by atoms with Crippen LogP contribution in [0.15, 0.2) is 28.7 Å². The van der Waals surface area contributed by atoms with E-state index in [4.69, 9.17) is 4.42 Å². The van der Waals surface area contributed by atoms with Crippen molar-refractivity contribution < 1.29 is 26.0 Å². The number of benzene rings is 1. The van der Waals surface area contributed by atoms with Crippen molar-refractivity contribution in [1.29, 1.82) is 0 Å². The zero-order valence-electron chi connectivity index (χ0n) is 11.8. The van der Waals surface area contributed by atoms with E-state index in [0.29, 0.717) is 0 Å². The average Bonchev–Trinajstić information content (AvgIpc) is 2.83. The van der Waals surface area contributed by atoms with Crippen molar-refractivity contribution in [3.8, 4) is 0 Å². The van der Waals surface area contributed by atoms with Gasteiger partial charge in [-0.1, -0.05) is 12.1 Å². The molecule has 5 nitrogen and oxygen atoms in total. The number of sulfone groups is 1. The molecule has 1 aromatic carbocycles. The van der Waals surface area contributed by atoms with Crippen molar-refractivity contribution in [2.75, 3.05) is 0 Å². The molecule has 0 N–H and O–H groups in total. The maximum atomic E-state index is 12.5. The number of rotatable bonds is 4. The molecule has 0 fully saturated rings. The second kappa shape index (κ2) is 5.71.